The van der Waals surface area contributed by atoms with Crippen LogP contribution in [0.3, 0.4) is 0 Å². The Kier molecular flexibility index (Phi) is 3.53. The monoisotopic (exact) mass is 212 g/mol. The predicted octanol–water partition coefficient (Wildman–Crippen LogP) is 2.83. The molecule has 1 aliphatic carbocycles. The Labute approximate surface area is 87.3 Å². The summed E-state index contributed by atoms with van der Waals surface area (Å²) in [5.74, 6) is 0.0549. The molecule has 0 heterocycles. The lowest BCUT2D eigenvalue weighted by Crippen LogP contribution is -2.32. The van der Waals surface area contributed by atoms with Crippen LogP contribution in [0.4, 0.5) is 0 Å². The molecular formula is C11H20O2Si. The molecule has 2 atom stereocenters. The van der Waals surface area contributed by atoms with Gasteiger partial charge in [0.05, 0.1) is 21.1 Å². The summed E-state index contributed by atoms with van der Waals surface area (Å²) in [6.07, 6.45) is 6.28. The van der Waals surface area contributed by atoms with E-state index in [1.807, 2.05) is 0 Å². The number of ether oxygens (including phenoxy) is 1. The molecule has 0 saturated heterocycles. The van der Waals surface area contributed by atoms with Crippen LogP contribution in [0.5, 0.6) is 0 Å². The lowest BCUT2D eigenvalue weighted by atomic mass is 9.94. The Balaban J connectivity index is 2.65. The number of carbonyl (C=O) groups is 1. The molecular weight excluding hydrogens is 192 g/mol. The van der Waals surface area contributed by atoms with E-state index in [4.69, 9.17) is 4.74 Å². The maximum Gasteiger partial charge on any atom is 0.308 e. The van der Waals surface area contributed by atoms with E-state index in [0.717, 1.165) is 12.8 Å². The molecule has 0 radical (unpaired) electrons. The van der Waals surface area contributed by atoms with E-state index in [9.17, 15) is 4.79 Å². The molecule has 0 aromatic heterocycles. The molecule has 0 amide bonds. The Hall–Kier alpha value is -0.573. The van der Waals surface area contributed by atoms with E-state index >= 15 is 0 Å². The van der Waals surface area contributed by atoms with Crippen LogP contribution in [0.25, 0.3) is 0 Å². The summed E-state index contributed by atoms with van der Waals surface area (Å²) in [5.41, 5.74) is 0.625. The van der Waals surface area contributed by atoms with Crippen molar-refractivity contribution in [1.29, 1.82) is 0 Å². The van der Waals surface area contributed by atoms with E-state index in [2.05, 4.69) is 31.8 Å². The van der Waals surface area contributed by atoms with Crippen molar-refractivity contribution >= 4 is 14.0 Å². The van der Waals surface area contributed by atoms with Crippen LogP contribution in [-0.2, 0) is 9.53 Å². The zero-order chi connectivity index (χ0) is 10.8. The van der Waals surface area contributed by atoms with Crippen LogP contribution in [0.2, 0.25) is 25.2 Å². The van der Waals surface area contributed by atoms with E-state index in [0.29, 0.717) is 5.54 Å². The Morgan fingerprint density at radius 3 is 2.57 bits per heavy atom. The average Bonchev–Trinajstić information content (AvgIpc) is 2.15. The van der Waals surface area contributed by atoms with Crippen LogP contribution in [-0.4, -0.2) is 21.2 Å². The van der Waals surface area contributed by atoms with E-state index in [1.54, 1.807) is 0 Å². The van der Waals surface area contributed by atoms with Crippen LogP contribution >= 0.6 is 0 Å². The fourth-order valence-electron chi connectivity index (χ4n) is 1.89. The van der Waals surface area contributed by atoms with Gasteiger partial charge in [0.15, 0.2) is 0 Å². The molecule has 0 aromatic rings. The second-order valence-corrected chi connectivity index (χ2v) is 10.6. The van der Waals surface area contributed by atoms with Gasteiger partial charge in [-0.25, -0.2) is 0 Å². The van der Waals surface area contributed by atoms with Crippen molar-refractivity contribution < 1.29 is 9.53 Å². The van der Waals surface area contributed by atoms with Crippen LogP contribution in [0, 0.1) is 5.92 Å². The number of hydrogen-bond acceptors (Lipinski definition) is 2. The van der Waals surface area contributed by atoms with Gasteiger partial charge in [0.25, 0.3) is 0 Å². The minimum Gasteiger partial charge on any atom is -0.469 e. The minimum absolute atomic E-state index is 0.0439. The average molecular weight is 212 g/mol. The Bertz CT molecular complexity index is 240. The van der Waals surface area contributed by atoms with Gasteiger partial charge in [0.2, 0.25) is 0 Å². The maximum absolute atomic E-state index is 11.4. The second kappa shape index (κ2) is 4.30. The van der Waals surface area contributed by atoms with Crippen molar-refractivity contribution in [3.05, 3.63) is 12.2 Å². The van der Waals surface area contributed by atoms with Gasteiger partial charge in [-0.3, -0.25) is 4.79 Å². The Morgan fingerprint density at radius 2 is 2.07 bits per heavy atom. The summed E-state index contributed by atoms with van der Waals surface area (Å²) >= 11 is 0. The molecule has 0 saturated carbocycles. The highest BCUT2D eigenvalue weighted by Crippen LogP contribution is 2.35. The molecule has 0 aromatic carbocycles. The van der Waals surface area contributed by atoms with Crippen LogP contribution in [0.15, 0.2) is 12.2 Å². The fourth-order valence-corrected chi connectivity index (χ4v) is 3.59. The summed E-state index contributed by atoms with van der Waals surface area (Å²) in [4.78, 5) is 11.4. The number of rotatable bonds is 2. The fraction of sp³-hybridized carbons (Fsp3) is 0.727. The molecule has 0 spiro atoms. The molecule has 0 bridgehead atoms. The van der Waals surface area contributed by atoms with Crippen molar-refractivity contribution in [2.45, 2.75) is 38.0 Å². The molecule has 14 heavy (non-hydrogen) atoms. The number of allylic oxidation sites excluding steroid dienone is 2. The van der Waals surface area contributed by atoms with Crippen molar-refractivity contribution in [2.24, 2.45) is 5.92 Å². The summed E-state index contributed by atoms with van der Waals surface area (Å²) in [6, 6.07) is 0. The molecule has 1 aliphatic rings. The normalized spacial score (nSPS) is 27.4. The number of hydrogen-bond donors (Lipinski definition) is 0. The smallest absolute Gasteiger partial charge is 0.308 e. The van der Waals surface area contributed by atoms with E-state index in [-0.39, 0.29) is 11.9 Å². The molecule has 2 nitrogen and oxygen atoms in total. The quantitative estimate of drug-likeness (QED) is 0.400. The second-order valence-electron chi connectivity index (χ2n) is 5.09. The third-order valence-corrected chi connectivity index (χ3v) is 5.63. The highest BCUT2D eigenvalue weighted by Gasteiger charge is 2.32. The first-order valence-electron chi connectivity index (χ1n) is 5.19. The molecule has 0 fully saturated rings. The highest BCUT2D eigenvalue weighted by molar-refractivity contribution is 6.78. The van der Waals surface area contributed by atoms with E-state index < -0.39 is 8.07 Å². The first kappa shape index (κ1) is 11.5. The molecule has 0 unspecified atom stereocenters. The highest BCUT2D eigenvalue weighted by atomic mass is 28.3. The van der Waals surface area contributed by atoms with Gasteiger partial charge in [-0.2, -0.15) is 0 Å². The molecule has 0 N–H and O–H groups in total. The van der Waals surface area contributed by atoms with Gasteiger partial charge >= 0.3 is 5.97 Å². The minimum atomic E-state index is -1.15. The Morgan fingerprint density at radius 1 is 1.43 bits per heavy atom. The van der Waals surface area contributed by atoms with Crippen molar-refractivity contribution in [1.82, 2.24) is 0 Å². The van der Waals surface area contributed by atoms with Crippen LogP contribution in [0.1, 0.15) is 12.8 Å². The molecule has 80 valence electrons. The summed E-state index contributed by atoms with van der Waals surface area (Å²) in [5, 5.41) is 0. The third kappa shape index (κ3) is 2.71. The molecule has 3 heteroatoms. The summed E-state index contributed by atoms with van der Waals surface area (Å²) in [7, 11) is 0.325. The van der Waals surface area contributed by atoms with Gasteiger partial charge in [-0.05, 0) is 18.4 Å². The topological polar surface area (TPSA) is 26.3 Å². The van der Waals surface area contributed by atoms with Gasteiger partial charge in [-0.15, -0.1) is 0 Å². The van der Waals surface area contributed by atoms with Gasteiger partial charge in [-0.1, -0.05) is 31.8 Å². The van der Waals surface area contributed by atoms with Crippen LogP contribution < -0.4 is 0 Å². The van der Waals surface area contributed by atoms with Crippen molar-refractivity contribution in [2.75, 3.05) is 7.11 Å². The summed E-state index contributed by atoms with van der Waals surface area (Å²) < 4.78 is 4.79. The lowest BCUT2D eigenvalue weighted by Gasteiger charge is -2.31. The van der Waals surface area contributed by atoms with Gasteiger partial charge in [0, 0.05) is 0 Å². The first-order valence-corrected chi connectivity index (χ1v) is 8.77. The lowest BCUT2D eigenvalue weighted by molar-refractivity contribution is -0.145. The largest absolute Gasteiger partial charge is 0.469 e. The first-order chi connectivity index (χ1) is 6.45. The zero-order valence-corrected chi connectivity index (χ0v) is 10.5. The van der Waals surface area contributed by atoms with E-state index in [1.165, 1.54) is 7.11 Å². The molecule has 1 rings (SSSR count). The zero-order valence-electron chi connectivity index (χ0n) is 9.54. The molecule has 0 aliphatic heterocycles. The third-order valence-electron chi connectivity index (χ3n) is 2.97. The standard InChI is InChI=1S/C11H20O2Si/c1-13-11(12)9-6-5-7-10(8-9)14(2,3)4/h5,7,9-10H,6,8H2,1-4H3/t9-,10-/m1/s1. The summed E-state index contributed by atoms with van der Waals surface area (Å²) in [6.45, 7) is 7.05. The SMILES string of the molecule is COC(=O)[C@@H]1CC=C[C@@H]([Si](C)(C)C)C1. The van der Waals surface area contributed by atoms with Gasteiger partial charge < -0.3 is 4.74 Å². The number of esters is 1. The maximum atomic E-state index is 11.4. The predicted molar refractivity (Wildman–Crippen MR) is 61.0 cm³/mol. The number of methoxy groups -OCH3 is 1. The van der Waals surface area contributed by atoms with Crippen molar-refractivity contribution in [3.63, 3.8) is 0 Å². The number of carbonyl (C=O) groups excluding carboxylic acids is 1. The van der Waals surface area contributed by atoms with Crippen molar-refractivity contribution in [3.8, 4) is 0 Å². The van der Waals surface area contributed by atoms with Gasteiger partial charge in [0.1, 0.15) is 0 Å².